The molecule has 2 aromatic heterocycles. The quantitative estimate of drug-likeness (QED) is 0.555. The largest absolute Gasteiger partial charge is 0.497 e. The zero-order valence-electron chi connectivity index (χ0n) is 16.9. The van der Waals surface area contributed by atoms with Gasteiger partial charge >= 0.3 is 0 Å². The first kappa shape index (κ1) is 20.6. The van der Waals surface area contributed by atoms with Gasteiger partial charge in [0.15, 0.2) is 5.13 Å². The highest BCUT2D eigenvalue weighted by Gasteiger charge is 2.19. The number of nitrogens with one attached hydrogen (secondary N) is 1. The Labute approximate surface area is 183 Å². The second kappa shape index (κ2) is 9.02. The van der Waals surface area contributed by atoms with Crippen molar-refractivity contribution in [2.75, 3.05) is 18.2 Å². The molecule has 1 aliphatic carbocycles. The smallest absolute Gasteiger partial charge is 0.226 e. The van der Waals surface area contributed by atoms with Crippen LogP contribution in [0.2, 0.25) is 0 Å². The van der Waals surface area contributed by atoms with Crippen molar-refractivity contribution in [1.29, 1.82) is 5.26 Å². The van der Waals surface area contributed by atoms with Crippen LogP contribution in [0.4, 0.5) is 5.13 Å². The summed E-state index contributed by atoms with van der Waals surface area (Å²) in [5, 5.41) is 13.7. The van der Waals surface area contributed by atoms with Gasteiger partial charge in [0.2, 0.25) is 5.91 Å². The van der Waals surface area contributed by atoms with E-state index in [1.54, 1.807) is 7.11 Å². The van der Waals surface area contributed by atoms with Crippen molar-refractivity contribution in [2.45, 2.75) is 37.6 Å². The summed E-state index contributed by atoms with van der Waals surface area (Å²) in [6, 6.07) is 9.88. The fraction of sp³-hybridized carbons (Fsp3) is 0.364. The van der Waals surface area contributed by atoms with Gasteiger partial charge in [-0.05, 0) is 55.0 Å². The molecule has 1 atom stereocenters. The average molecular weight is 439 g/mol. The fourth-order valence-corrected chi connectivity index (χ4v) is 5.35. The molecule has 1 aliphatic rings. The summed E-state index contributed by atoms with van der Waals surface area (Å²) in [6.07, 6.45) is 3.40. The fourth-order valence-electron chi connectivity index (χ4n) is 3.53. The number of methoxy groups -OCH3 is 1. The number of thioether (sulfide) groups is 1. The summed E-state index contributed by atoms with van der Waals surface area (Å²) < 4.78 is 6.19. The van der Waals surface area contributed by atoms with Gasteiger partial charge in [0.25, 0.3) is 0 Å². The Morgan fingerprint density at radius 3 is 3.07 bits per heavy atom. The first-order chi connectivity index (χ1) is 14.6. The van der Waals surface area contributed by atoms with Crippen LogP contribution in [-0.4, -0.2) is 28.7 Å². The third-order valence-electron chi connectivity index (χ3n) is 5.13. The molecule has 1 unspecified atom stereocenters. The molecular weight excluding hydrogens is 416 g/mol. The van der Waals surface area contributed by atoms with Gasteiger partial charge < -0.3 is 10.1 Å². The first-order valence-electron chi connectivity index (χ1n) is 9.86. The Morgan fingerprint density at radius 1 is 1.40 bits per heavy atom. The molecule has 0 fully saturated rings. The Morgan fingerprint density at radius 2 is 2.27 bits per heavy atom. The molecule has 0 saturated heterocycles. The standard InChI is InChI=1S/C22H22N4O2S2/c1-13-3-5-17-14(9-13)10-15(12-23)21(24-17)29-8-7-20(27)26-22-25-18-6-4-16(28-2)11-19(18)30-22/h4,6,10-11,13H,3,5,7-9H2,1-2H3,(H,25,26,27). The molecule has 0 radical (unpaired) electrons. The molecule has 0 bridgehead atoms. The number of aryl methyl sites for hydroxylation is 1. The zero-order valence-corrected chi connectivity index (χ0v) is 18.5. The van der Waals surface area contributed by atoms with E-state index < -0.39 is 0 Å². The van der Waals surface area contributed by atoms with E-state index in [0.717, 1.165) is 45.9 Å². The van der Waals surface area contributed by atoms with Crippen molar-refractivity contribution in [3.8, 4) is 11.8 Å². The van der Waals surface area contributed by atoms with E-state index in [1.807, 2.05) is 24.3 Å². The first-order valence-corrected chi connectivity index (χ1v) is 11.7. The minimum Gasteiger partial charge on any atom is -0.497 e. The molecule has 1 aromatic carbocycles. The van der Waals surface area contributed by atoms with Crippen molar-refractivity contribution in [1.82, 2.24) is 9.97 Å². The molecule has 1 N–H and O–H groups in total. The number of ether oxygens (including phenoxy) is 1. The van der Waals surface area contributed by atoms with Crippen molar-refractivity contribution in [3.63, 3.8) is 0 Å². The number of benzene rings is 1. The molecule has 6 nitrogen and oxygen atoms in total. The average Bonchev–Trinajstić information content (AvgIpc) is 3.14. The summed E-state index contributed by atoms with van der Waals surface area (Å²) >= 11 is 2.89. The third-order valence-corrected chi connectivity index (χ3v) is 7.06. The SMILES string of the molecule is COc1ccc2nc(NC(=O)CCSc3nc4c(cc3C#N)CC(C)CC4)sc2c1. The van der Waals surface area contributed by atoms with Gasteiger partial charge in [-0.2, -0.15) is 5.26 Å². The molecule has 30 heavy (non-hydrogen) atoms. The number of anilines is 1. The molecule has 3 aromatic rings. The van der Waals surface area contributed by atoms with E-state index in [1.165, 1.54) is 28.7 Å². The van der Waals surface area contributed by atoms with Gasteiger partial charge in [0, 0.05) is 17.9 Å². The lowest BCUT2D eigenvalue weighted by Gasteiger charge is -2.21. The van der Waals surface area contributed by atoms with E-state index in [2.05, 4.69) is 23.3 Å². The number of nitrogens with zero attached hydrogens (tertiary/aromatic N) is 3. The number of hydrogen-bond donors (Lipinski definition) is 1. The number of thiazole rings is 1. The highest BCUT2D eigenvalue weighted by Crippen LogP contribution is 2.31. The number of rotatable bonds is 6. The van der Waals surface area contributed by atoms with Gasteiger partial charge in [-0.25, -0.2) is 9.97 Å². The number of carbonyl (C=O) groups is 1. The van der Waals surface area contributed by atoms with E-state index in [0.29, 0.717) is 28.8 Å². The van der Waals surface area contributed by atoms with E-state index >= 15 is 0 Å². The van der Waals surface area contributed by atoms with Crippen molar-refractivity contribution in [2.24, 2.45) is 5.92 Å². The van der Waals surface area contributed by atoms with Gasteiger partial charge in [0.1, 0.15) is 16.8 Å². The van der Waals surface area contributed by atoms with Gasteiger partial charge in [-0.3, -0.25) is 4.79 Å². The number of carbonyl (C=O) groups excluding carboxylic acids is 1. The topological polar surface area (TPSA) is 87.9 Å². The molecule has 0 saturated carbocycles. The number of pyridine rings is 1. The molecule has 4 rings (SSSR count). The summed E-state index contributed by atoms with van der Waals surface area (Å²) in [7, 11) is 1.62. The van der Waals surface area contributed by atoms with Gasteiger partial charge in [-0.1, -0.05) is 18.3 Å². The Hall–Kier alpha value is -2.63. The minimum absolute atomic E-state index is 0.0983. The lowest BCUT2D eigenvalue weighted by Crippen LogP contribution is -2.14. The van der Waals surface area contributed by atoms with E-state index in [4.69, 9.17) is 9.72 Å². The van der Waals surface area contributed by atoms with Crippen LogP contribution in [0.25, 0.3) is 10.2 Å². The predicted molar refractivity (Wildman–Crippen MR) is 120 cm³/mol. The lowest BCUT2D eigenvalue weighted by atomic mass is 9.87. The van der Waals surface area contributed by atoms with Gasteiger partial charge in [-0.15, -0.1) is 11.8 Å². The number of aromatic nitrogens is 2. The van der Waals surface area contributed by atoms with Crippen molar-refractivity contribution in [3.05, 3.63) is 41.1 Å². The van der Waals surface area contributed by atoms with Crippen molar-refractivity contribution >= 4 is 44.4 Å². The second-order valence-corrected chi connectivity index (χ2v) is 9.52. The van der Waals surface area contributed by atoms with Crippen molar-refractivity contribution < 1.29 is 9.53 Å². The number of hydrogen-bond acceptors (Lipinski definition) is 7. The van der Waals surface area contributed by atoms with E-state index in [9.17, 15) is 10.1 Å². The van der Waals surface area contributed by atoms with Crippen LogP contribution >= 0.6 is 23.1 Å². The van der Waals surface area contributed by atoms with Crippen LogP contribution in [0.5, 0.6) is 5.75 Å². The van der Waals surface area contributed by atoms with Crippen LogP contribution in [0.1, 0.15) is 36.6 Å². The lowest BCUT2D eigenvalue weighted by molar-refractivity contribution is -0.115. The highest BCUT2D eigenvalue weighted by molar-refractivity contribution is 7.99. The Balaban J connectivity index is 1.36. The minimum atomic E-state index is -0.0983. The van der Waals surface area contributed by atoms with Crippen LogP contribution < -0.4 is 10.1 Å². The maximum atomic E-state index is 12.4. The summed E-state index contributed by atoms with van der Waals surface area (Å²) in [6.45, 7) is 2.23. The molecule has 8 heteroatoms. The Bertz CT molecular complexity index is 1140. The number of amides is 1. The molecule has 0 aliphatic heterocycles. The molecule has 0 spiro atoms. The molecule has 2 heterocycles. The number of nitriles is 1. The van der Waals surface area contributed by atoms with Gasteiger partial charge in [0.05, 0.1) is 22.9 Å². The van der Waals surface area contributed by atoms with Crippen LogP contribution in [0.3, 0.4) is 0 Å². The summed E-state index contributed by atoms with van der Waals surface area (Å²) in [5.41, 5.74) is 3.73. The molecular formula is C22H22N4O2S2. The predicted octanol–water partition coefficient (Wildman–Crippen LogP) is 4.82. The monoisotopic (exact) mass is 438 g/mol. The van der Waals surface area contributed by atoms with Crippen LogP contribution in [0, 0.1) is 17.2 Å². The molecule has 154 valence electrons. The summed E-state index contributed by atoms with van der Waals surface area (Å²) in [5.74, 6) is 1.86. The summed E-state index contributed by atoms with van der Waals surface area (Å²) in [4.78, 5) is 21.5. The van der Waals surface area contributed by atoms with Crippen LogP contribution in [-0.2, 0) is 17.6 Å². The third kappa shape index (κ3) is 4.58. The zero-order chi connectivity index (χ0) is 21.1. The van der Waals surface area contributed by atoms with Crippen LogP contribution in [0.15, 0.2) is 29.3 Å². The molecule has 1 amide bonds. The maximum absolute atomic E-state index is 12.4. The highest BCUT2D eigenvalue weighted by atomic mass is 32.2. The van der Waals surface area contributed by atoms with E-state index in [-0.39, 0.29) is 5.91 Å². The Kier molecular flexibility index (Phi) is 6.21. The normalized spacial score (nSPS) is 15.4. The second-order valence-electron chi connectivity index (χ2n) is 7.41. The maximum Gasteiger partial charge on any atom is 0.226 e. The number of fused-ring (bicyclic) bond motifs is 2.